The standard InChI is InChI=1S/C12H7BrN3O3.ClHO4/c13-9-4-8(5-10(6-9)16(17)18)11-7-15-3-1-2-14-12(15)19-11;2-1(3,4)5/h1-7H;(H,2,3,4,5)/q+1;/p-1. The van der Waals surface area contributed by atoms with Crippen LogP contribution >= 0.6 is 15.9 Å². The van der Waals surface area contributed by atoms with Crippen LogP contribution in [0.2, 0.25) is 0 Å². The number of non-ortho nitro benzene ring substituents is 1. The molecule has 10 nitrogen and oxygen atoms in total. The molecule has 1 aromatic carbocycles. The Bertz CT molecular complexity index is 841. The summed E-state index contributed by atoms with van der Waals surface area (Å²) in [7, 11) is -4.94. The summed E-state index contributed by atoms with van der Waals surface area (Å²) in [5, 5.41) is 10.8. The van der Waals surface area contributed by atoms with Crippen LogP contribution in [0.25, 0.3) is 17.2 Å². The molecule has 12 heteroatoms. The molecule has 2 aromatic heterocycles. The first kappa shape index (κ1) is 18.2. The van der Waals surface area contributed by atoms with Gasteiger partial charge in [0.05, 0.1) is 4.92 Å². The lowest BCUT2D eigenvalue weighted by Gasteiger charge is -2.17. The first-order valence-corrected chi connectivity index (χ1v) is 7.99. The number of oxazole rings is 1. The van der Waals surface area contributed by atoms with E-state index in [1.807, 2.05) is 0 Å². The largest absolute Gasteiger partial charge is 0.508 e. The van der Waals surface area contributed by atoms with E-state index in [1.165, 1.54) is 12.1 Å². The summed E-state index contributed by atoms with van der Waals surface area (Å²) >= 11 is 3.25. The zero-order valence-electron chi connectivity index (χ0n) is 11.5. The average molecular weight is 421 g/mol. The quantitative estimate of drug-likeness (QED) is 0.260. The van der Waals surface area contributed by atoms with E-state index in [2.05, 4.69) is 20.9 Å². The van der Waals surface area contributed by atoms with E-state index in [0.29, 0.717) is 21.6 Å². The highest BCUT2D eigenvalue weighted by atomic mass is 79.9. The maximum atomic E-state index is 10.8. The van der Waals surface area contributed by atoms with Crippen LogP contribution in [-0.2, 0) is 0 Å². The normalized spacial score (nSPS) is 11.0. The van der Waals surface area contributed by atoms with Crippen LogP contribution in [0.15, 0.2) is 51.7 Å². The van der Waals surface area contributed by atoms with Gasteiger partial charge in [0.1, 0.15) is 18.6 Å². The first-order chi connectivity index (χ1) is 11.1. The molecule has 0 unspecified atom stereocenters. The molecular weight excluding hydrogens is 414 g/mol. The molecule has 0 spiro atoms. The fraction of sp³-hybridized carbons (Fsp3) is 0. The summed E-state index contributed by atoms with van der Waals surface area (Å²) < 4.78 is 41.9. The van der Waals surface area contributed by atoms with Crippen LogP contribution in [0, 0.1) is 20.4 Å². The fourth-order valence-corrected chi connectivity index (χ4v) is 2.23. The monoisotopic (exact) mass is 419 g/mol. The Kier molecular flexibility index (Phi) is 5.43. The number of rotatable bonds is 2. The molecule has 0 amide bonds. The highest BCUT2D eigenvalue weighted by Crippen LogP contribution is 2.28. The number of halogens is 2. The topological polar surface area (TPSA) is 166 Å². The minimum Gasteiger partial charge on any atom is -0.384 e. The van der Waals surface area contributed by atoms with Crippen molar-refractivity contribution in [3.05, 3.63) is 57.4 Å². The Morgan fingerprint density at radius 2 is 1.88 bits per heavy atom. The average Bonchev–Trinajstić information content (AvgIpc) is 2.88. The maximum absolute atomic E-state index is 10.8. The fourth-order valence-electron chi connectivity index (χ4n) is 1.75. The first-order valence-electron chi connectivity index (χ1n) is 5.96. The van der Waals surface area contributed by atoms with Gasteiger partial charge in [-0.25, -0.2) is 18.6 Å². The zero-order valence-corrected chi connectivity index (χ0v) is 13.8. The number of nitro benzene ring substituents is 1. The predicted molar refractivity (Wildman–Crippen MR) is 69.5 cm³/mol. The Morgan fingerprint density at radius 3 is 2.46 bits per heavy atom. The van der Waals surface area contributed by atoms with Gasteiger partial charge in [-0.15, -0.1) is 10.2 Å². The third kappa shape index (κ3) is 5.19. The summed E-state index contributed by atoms with van der Waals surface area (Å²) in [6.45, 7) is 0. The molecule has 2 heterocycles. The van der Waals surface area contributed by atoms with Gasteiger partial charge in [-0.3, -0.25) is 10.1 Å². The number of benzene rings is 1. The Hall–Kier alpha value is -2.15. The number of fused-ring (bicyclic) bond motifs is 1. The molecule has 24 heavy (non-hydrogen) atoms. The van der Waals surface area contributed by atoms with Crippen LogP contribution in [0.3, 0.4) is 0 Å². The van der Waals surface area contributed by atoms with Gasteiger partial charge in [-0.1, -0.05) is 15.9 Å². The van der Waals surface area contributed by atoms with E-state index in [0.717, 1.165) is 0 Å². The molecule has 0 aliphatic rings. The molecule has 3 aromatic rings. The van der Waals surface area contributed by atoms with Crippen molar-refractivity contribution in [2.45, 2.75) is 0 Å². The van der Waals surface area contributed by atoms with Gasteiger partial charge in [0, 0.05) is 28.2 Å². The number of hydrogen-bond donors (Lipinski definition) is 0. The lowest BCUT2D eigenvalue weighted by atomic mass is 10.1. The highest BCUT2D eigenvalue weighted by Gasteiger charge is 2.16. The maximum Gasteiger partial charge on any atom is 0.508 e. The van der Waals surface area contributed by atoms with Crippen LogP contribution < -0.4 is 23.0 Å². The highest BCUT2D eigenvalue weighted by molar-refractivity contribution is 9.10. The molecule has 126 valence electrons. The molecule has 0 aliphatic heterocycles. The van der Waals surface area contributed by atoms with E-state index >= 15 is 0 Å². The van der Waals surface area contributed by atoms with Crippen molar-refractivity contribution in [3.63, 3.8) is 0 Å². The number of hydrogen-bond acceptors (Lipinski definition) is 8. The molecule has 0 atom stereocenters. The van der Waals surface area contributed by atoms with Gasteiger partial charge in [-0.05, 0) is 11.1 Å². The summed E-state index contributed by atoms with van der Waals surface area (Å²) in [5.74, 6) is 0.947. The van der Waals surface area contributed by atoms with Crippen molar-refractivity contribution in [1.29, 1.82) is 0 Å². The van der Waals surface area contributed by atoms with Gasteiger partial charge in [0.2, 0.25) is 0 Å². The summed E-state index contributed by atoms with van der Waals surface area (Å²) in [4.78, 5) is 14.5. The van der Waals surface area contributed by atoms with Crippen molar-refractivity contribution < 1.29 is 42.6 Å². The van der Waals surface area contributed by atoms with E-state index in [1.54, 1.807) is 35.1 Å². The Morgan fingerprint density at radius 1 is 1.21 bits per heavy atom. The van der Waals surface area contributed by atoms with Crippen molar-refractivity contribution >= 4 is 27.5 Å². The van der Waals surface area contributed by atoms with Crippen LogP contribution in [-0.4, -0.2) is 9.91 Å². The Balaban J connectivity index is 0.000000368. The second-order valence-corrected chi connectivity index (χ2v) is 5.91. The third-order valence-electron chi connectivity index (χ3n) is 2.57. The summed E-state index contributed by atoms with van der Waals surface area (Å²) in [6.07, 6.45) is 5.14. The molecule has 0 bridgehead atoms. The zero-order chi connectivity index (χ0) is 17.9. The van der Waals surface area contributed by atoms with E-state index in [-0.39, 0.29) is 5.69 Å². The van der Waals surface area contributed by atoms with Crippen molar-refractivity contribution in [3.8, 4) is 11.3 Å². The lowest BCUT2D eigenvalue weighted by molar-refractivity contribution is -2.00. The van der Waals surface area contributed by atoms with Crippen molar-refractivity contribution in [1.82, 2.24) is 4.98 Å². The predicted octanol–water partition coefficient (Wildman–Crippen LogP) is -2.00. The number of nitrogens with zero attached hydrogens (tertiary/aromatic N) is 3. The summed E-state index contributed by atoms with van der Waals surface area (Å²) in [6, 6.07) is 6.43. The molecule has 0 saturated carbocycles. The van der Waals surface area contributed by atoms with Crippen molar-refractivity contribution in [2.24, 2.45) is 0 Å². The molecular formula is C12H7BrClN3O7. The van der Waals surface area contributed by atoms with E-state index in [9.17, 15) is 10.1 Å². The van der Waals surface area contributed by atoms with Crippen molar-refractivity contribution in [2.75, 3.05) is 0 Å². The van der Waals surface area contributed by atoms with E-state index in [4.69, 9.17) is 23.1 Å². The van der Waals surface area contributed by atoms with Gasteiger partial charge >= 0.3 is 5.84 Å². The number of aromatic nitrogens is 2. The van der Waals surface area contributed by atoms with E-state index < -0.39 is 15.2 Å². The molecule has 0 aliphatic carbocycles. The lowest BCUT2D eigenvalue weighted by Crippen LogP contribution is -2.68. The van der Waals surface area contributed by atoms with Crippen LogP contribution in [0.1, 0.15) is 0 Å². The molecule has 0 radical (unpaired) electrons. The van der Waals surface area contributed by atoms with Gasteiger partial charge in [0.25, 0.3) is 5.69 Å². The SMILES string of the molecule is O=[N+]([O-])c1cc(Br)cc(-c2c[n+]3cccnc3o2)c1.[O-][Cl+3]([O-])([O-])[O-]. The minimum atomic E-state index is -4.94. The summed E-state index contributed by atoms with van der Waals surface area (Å²) in [5.41, 5.74) is 0.620. The van der Waals surface area contributed by atoms with Gasteiger partial charge in [-0.2, -0.15) is 4.40 Å². The van der Waals surface area contributed by atoms with Crippen LogP contribution in [0.5, 0.6) is 0 Å². The minimum absolute atomic E-state index is 0.00258. The third-order valence-corrected chi connectivity index (χ3v) is 3.03. The second kappa shape index (κ2) is 7.17. The van der Waals surface area contributed by atoms with Gasteiger partial charge in [0.15, 0.2) is 5.76 Å². The Labute approximate surface area is 144 Å². The number of nitro groups is 1. The smallest absolute Gasteiger partial charge is 0.384 e. The molecule has 0 N–H and O–H groups in total. The molecule has 0 saturated heterocycles. The molecule has 0 fully saturated rings. The molecule has 3 rings (SSSR count). The van der Waals surface area contributed by atoms with Gasteiger partial charge < -0.3 is 4.42 Å². The van der Waals surface area contributed by atoms with Crippen LogP contribution in [0.4, 0.5) is 5.69 Å². The second-order valence-electron chi connectivity index (χ2n) is 4.24.